The summed E-state index contributed by atoms with van der Waals surface area (Å²) in [5.74, 6) is 1.21. The SMILES string of the molecule is COc1cc(C(=O)CC2C3=C(CC(C)(C)CC3=O)Oc3ccccc32)ccc1O. The van der Waals surface area contributed by atoms with Crippen molar-refractivity contribution < 1.29 is 24.2 Å². The lowest BCUT2D eigenvalue weighted by atomic mass is 9.70. The fraction of sp³-hybridized carbons (Fsp3) is 0.333. The number of carbonyl (C=O) groups excluding carboxylic acids is 2. The molecular formula is C24H24O5. The van der Waals surface area contributed by atoms with Gasteiger partial charge in [-0.3, -0.25) is 9.59 Å². The molecule has 2 aromatic carbocycles. The molecule has 5 heteroatoms. The van der Waals surface area contributed by atoms with Gasteiger partial charge in [0.1, 0.15) is 11.5 Å². The average molecular weight is 392 g/mol. The zero-order chi connectivity index (χ0) is 20.8. The van der Waals surface area contributed by atoms with Crippen LogP contribution in [0.2, 0.25) is 0 Å². The summed E-state index contributed by atoms with van der Waals surface area (Å²) >= 11 is 0. The van der Waals surface area contributed by atoms with Crippen LogP contribution in [0.25, 0.3) is 0 Å². The Morgan fingerprint density at radius 3 is 2.72 bits per heavy atom. The van der Waals surface area contributed by atoms with E-state index in [1.165, 1.54) is 19.2 Å². The molecule has 0 spiro atoms. The van der Waals surface area contributed by atoms with Crippen molar-refractivity contribution in [2.45, 2.75) is 39.0 Å². The van der Waals surface area contributed by atoms with E-state index in [1.54, 1.807) is 6.07 Å². The van der Waals surface area contributed by atoms with Gasteiger partial charge in [-0.15, -0.1) is 0 Å². The summed E-state index contributed by atoms with van der Waals surface area (Å²) in [7, 11) is 1.44. The fourth-order valence-corrected chi connectivity index (χ4v) is 4.27. The van der Waals surface area contributed by atoms with Crippen molar-refractivity contribution >= 4 is 11.6 Å². The van der Waals surface area contributed by atoms with Crippen LogP contribution in [0.3, 0.4) is 0 Å². The molecule has 29 heavy (non-hydrogen) atoms. The van der Waals surface area contributed by atoms with E-state index in [-0.39, 0.29) is 40.8 Å². The number of carbonyl (C=O) groups is 2. The third-order valence-electron chi connectivity index (χ3n) is 5.65. The first-order valence-corrected chi connectivity index (χ1v) is 9.72. The van der Waals surface area contributed by atoms with Crippen LogP contribution >= 0.6 is 0 Å². The first kappa shape index (κ1) is 19.2. The molecule has 4 rings (SSSR count). The molecule has 0 fully saturated rings. The summed E-state index contributed by atoms with van der Waals surface area (Å²) in [6.45, 7) is 4.11. The molecule has 150 valence electrons. The van der Waals surface area contributed by atoms with Crippen molar-refractivity contribution in [2.24, 2.45) is 5.41 Å². The molecule has 0 radical (unpaired) electrons. The number of methoxy groups -OCH3 is 1. The number of benzene rings is 2. The quantitative estimate of drug-likeness (QED) is 0.757. The molecular weight excluding hydrogens is 368 g/mol. The van der Waals surface area contributed by atoms with Gasteiger partial charge in [0.15, 0.2) is 23.1 Å². The normalized spacial score (nSPS) is 19.8. The Kier molecular flexibility index (Phi) is 4.69. The molecule has 0 saturated heterocycles. The number of phenols is 1. The predicted octanol–water partition coefficient (Wildman–Crippen LogP) is 4.79. The smallest absolute Gasteiger partial charge is 0.163 e. The highest BCUT2D eigenvalue weighted by atomic mass is 16.5. The number of phenolic OH excluding ortho intramolecular Hbond substituents is 1. The summed E-state index contributed by atoms with van der Waals surface area (Å²) < 4.78 is 11.2. The minimum atomic E-state index is -0.342. The van der Waals surface area contributed by atoms with E-state index in [0.717, 1.165) is 5.56 Å². The van der Waals surface area contributed by atoms with Gasteiger partial charge >= 0.3 is 0 Å². The standard InChI is InChI=1S/C24H24O5/c1-24(2)12-19(27)23-16(15-6-4-5-7-20(15)29-22(23)13-24)11-18(26)14-8-9-17(25)21(10-14)28-3/h4-10,16,25H,11-13H2,1-3H3. The molecule has 5 nitrogen and oxygen atoms in total. The number of rotatable bonds is 4. The van der Waals surface area contributed by atoms with Crippen LogP contribution in [-0.4, -0.2) is 23.8 Å². The number of hydrogen-bond acceptors (Lipinski definition) is 5. The third-order valence-corrected chi connectivity index (χ3v) is 5.65. The maximum absolute atomic E-state index is 13.1. The van der Waals surface area contributed by atoms with Gasteiger partial charge in [0.25, 0.3) is 0 Å². The number of allylic oxidation sites excluding steroid dienone is 2. The van der Waals surface area contributed by atoms with Crippen molar-refractivity contribution in [3.8, 4) is 17.2 Å². The maximum Gasteiger partial charge on any atom is 0.163 e. The van der Waals surface area contributed by atoms with Gasteiger partial charge in [-0.25, -0.2) is 0 Å². The molecule has 1 heterocycles. The second-order valence-corrected chi connectivity index (χ2v) is 8.48. The molecule has 1 N–H and O–H groups in total. The van der Waals surface area contributed by atoms with Gasteiger partial charge in [-0.2, -0.15) is 0 Å². The van der Waals surface area contributed by atoms with Crippen molar-refractivity contribution in [1.82, 2.24) is 0 Å². The number of hydrogen-bond donors (Lipinski definition) is 1. The molecule has 0 aromatic heterocycles. The predicted molar refractivity (Wildman–Crippen MR) is 108 cm³/mol. The lowest BCUT2D eigenvalue weighted by Gasteiger charge is -2.38. The van der Waals surface area contributed by atoms with E-state index in [0.29, 0.717) is 35.5 Å². The number of fused-ring (bicyclic) bond motifs is 1. The number of ketones is 2. The van der Waals surface area contributed by atoms with E-state index in [4.69, 9.17) is 9.47 Å². The van der Waals surface area contributed by atoms with Crippen molar-refractivity contribution in [3.05, 3.63) is 64.9 Å². The first-order chi connectivity index (χ1) is 13.8. The molecule has 2 aliphatic rings. The van der Waals surface area contributed by atoms with Crippen molar-refractivity contribution in [1.29, 1.82) is 0 Å². The van der Waals surface area contributed by atoms with Gasteiger partial charge in [-0.1, -0.05) is 32.0 Å². The Hall–Kier alpha value is -3.08. The van der Waals surface area contributed by atoms with Crippen LogP contribution in [0.5, 0.6) is 17.2 Å². The third kappa shape index (κ3) is 3.53. The number of ether oxygens (including phenoxy) is 2. The van der Waals surface area contributed by atoms with Gasteiger partial charge < -0.3 is 14.6 Å². The molecule has 1 aliphatic heterocycles. The number of aromatic hydroxyl groups is 1. The average Bonchev–Trinajstić information content (AvgIpc) is 2.66. The van der Waals surface area contributed by atoms with E-state index in [2.05, 4.69) is 13.8 Å². The van der Waals surface area contributed by atoms with Crippen LogP contribution in [-0.2, 0) is 4.79 Å². The number of para-hydroxylation sites is 1. The monoisotopic (exact) mass is 392 g/mol. The molecule has 0 bridgehead atoms. The van der Waals surface area contributed by atoms with Crippen LogP contribution in [0.15, 0.2) is 53.8 Å². The van der Waals surface area contributed by atoms with Gasteiger partial charge in [-0.05, 0) is 29.7 Å². The molecule has 2 aromatic rings. The van der Waals surface area contributed by atoms with Crippen LogP contribution in [0.4, 0.5) is 0 Å². The summed E-state index contributed by atoms with van der Waals surface area (Å²) in [6.07, 6.45) is 1.26. The first-order valence-electron chi connectivity index (χ1n) is 9.72. The maximum atomic E-state index is 13.1. The Balaban J connectivity index is 1.73. The van der Waals surface area contributed by atoms with Gasteiger partial charge in [0, 0.05) is 41.9 Å². The zero-order valence-electron chi connectivity index (χ0n) is 16.8. The van der Waals surface area contributed by atoms with Crippen LogP contribution < -0.4 is 9.47 Å². The minimum absolute atomic E-state index is 0.0184. The summed E-state index contributed by atoms with van der Waals surface area (Å²) in [5, 5.41) is 9.80. The summed E-state index contributed by atoms with van der Waals surface area (Å²) in [6, 6.07) is 12.1. The minimum Gasteiger partial charge on any atom is -0.504 e. The topological polar surface area (TPSA) is 72.8 Å². The molecule has 1 unspecified atom stereocenters. The highest BCUT2D eigenvalue weighted by Crippen LogP contribution is 2.49. The highest BCUT2D eigenvalue weighted by molar-refractivity contribution is 6.02. The highest BCUT2D eigenvalue weighted by Gasteiger charge is 2.42. The van der Waals surface area contributed by atoms with E-state index >= 15 is 0 Å². The molecule has 1 aliphatic carbocycles. The second kappa shape index (κ2) is 7.07. The number of Topliss-reactive ketones (excluding diaryl/α,β-unsaturated/α-hetero) is 2. The van der Waals surface area contributed by atoms with E-state index in [1.807, 2.05) is 24.3 Å². The lowest BCUT2D eigenvalue weighted by Crippen LogP contribution is -2.33. The Morgan fingerprint density at radius 2 is 1.97 bits per heavy atom. The Morgan fingerprint density at radius 1 is 1.21 bits per heavy atom. The van der Waals surface area contributed by atoms with Crippen molar-refractivity contribution in [3.63, 3.8) is 0 Å². The molecule has 0 amide bonds. The Labute approximate surface area is 170 Å². The summed E-state index contributed by atoms with van der Waals surface area (Å²) in [4.78, 5) is 26.1. The molecule has 1 atom stereocenters. The lowest BCUT2D eigenvalue weighted by molar-refractivity contribution is -0.118. The van der Waals surface area contributed by atoms with E-state index < -0.39 is 0 Å². The van der Waals surface area contributed by atoms with Gasteiger partial charge in [0.05, 0.1) is 7.11 Å². The van der Waals surface area contributed by atoms with Crippen LogP contribution in [0, 0.1) is 5.41 Å². The van der Waals surface area contributed by atoms with Gasteiger partial charge in [0.2, 0.25) is 0 Å². The van der Waals surface area contributed by atoms with E-state index in [9.17, 15) is 14.7 Å². The van der Waals surface area contributed by atoms with Crippen molar-refractivity contribution in [2.75, 3.05) is 7.11 Å². The zero-order valence-corrected chi connectivity index (χ0v) is 16.8. The summed E-state index contributed by atoms with van der Waals surface area (Å²) in [5.41, 5.74) is 1.76. The fourth-order valence-electron chi connectivity index (χ4n) is 4.27. The molecule has 0 saturated carbocycles. The second-order valence-electron chi connectivity index (χ2n) is 8.48. The Bertz CT molecular complexity index is 1030. The largest absolute Gasteiger partial charge is 0.504 e. The van der Waals surface area contributed by atoms with Crippen LogP contribution in [0.1, 0.15) is 54.9 Å².